The summed E-state index contributed by atoms with van der Waals surface area (Å²) in [4.78, 5) is 14.1. The van der Waals surface area contributed by atoms with E-state index >= 15 is 0 Å². The molecule has 0 N–H and O–H groups in total. The summed E-state index contributed by atoms with van der Waals surface area (Å²) in [7, 11) is 0. The Hall–Kier alpha value is -4.97. The summed E-state index contributed by atoms with van der Waals surface area (Å²) in [5.74, 6) is 1.13. The topological polar surface area (TPSA) is 56.7 Å². The summed E-state index contributed by atoms with van der Waals surface area (Å²) in [6.45, 7) is 13.5. The van der Waals surface area contributed by atoms with E-state index in [-0.39, 0.29) is 36.9 Å². The second-order valence-electron chi connectivity index (χ2n) is 14.7. The summed E-state index contributed by atoms with van der Waals surface area (Å²) >= 11 is 0. The number of imidazole rings is 1. The molecule has 0 saturated carbocycles. The molecule has 0 aliphatic rings. The molecule has 0 aliphatic heterocycles. The van der Waals surface area contributed by atoms with Crippen molar-refractivity contribution in [3.8, 4) is 28.3 Å². The van der Waals surface area contributed by atoms with Gasteiger partial charge in [0, 0.05) is 58.4 Å². The largest absolute Gasteiger partial charge is 0.501 e. The van der Waals surface area contributed by atoms with Crippen LogP contribution in [0.25, 0.3) is 61.3 Å². The van der Waals surface area contributed by atoms with Crippen LogP contribution in [-0.4, -0.2) is 19.5 Å². The first-order valence-corrected chi connectivity index (χ1v) is 17.6. The maximum atomic E-state index is 12.7. The zero-order valence-electron chi connectivity index (χ0n) is 33.9. The van der Waals surface area contributed by atoms with Gasteiger partial charge in [-0.15, -0.1) is 48.0 Å². The van der Waals surface area contributed by atoms with E-state index in [4.69, 9.17) is 18.5 Å². The Bertz CT molecular complexity index is 2610. The van der Waals surface area contributed by atoms with Gasteiger partial charge in [0.2, 0.25) is 0 Å². The number of hydrogen-bond acceptors (Lipinski definition) is 4. The number of furan rings is 1. The Balaban J connectivity index is 0.000000248. The quantitative estimate of drug-likeness (QED) is 0.162. The molecular formula is C46H43FIrN4O-2. The molecule has 0 atom stereocenters. The van der Waals surface area contributed by atoms with Gasteiger partial charge in [0.25, 0.3) is 0 Å². The van der Waals surface area contributed by atoms with E-state index in [1.807, 2.05) is 24.4 Å². The van der Waals surface area contributed by atoms with Gasteiger partial charge in [-0.1, -0.05) is 108 Å². The number of fused-ring (bicyclic) bond motifs is 4. The second kappa shape index (κ2) is 15.2. The van der Waals surface area contributed by atoms with Crippen LogP contribution in [0.15, 0.2) is 108 Å². The standard InChI is InChI=1S/C34H34N3O.C12H9FN.Ir/c1-20(2)22-13-10-14-23(21(3)4)31(22)37-28-18-30(34(5,6)7)35-19-27(28)36-33(37)26-16-11-15-25-24-12-8-9-17-29(24)38-32(25)26;1-9-2-7-12(14-8-9)10-3-5-11(13)6-4-10;/h8-15,17-21H,1-7H3;2-3,5-8H,1H3;/q2*-1;/i;1D3;. The fraction of sp³-hybridized carbons (Fsp3) is 0.239. The predicted molar refractivity (Wildman–Crippen MR) is 210 cm³/mol. The minimum Gasteiger partial charge on any atom is -0.501 e. The van der Waals surface area contributed by atoms with Crippen molar-refractivity contribution in [2.45, 2.75) is 72.6 Å². The first-order valence-electron chi connectivity index (χ1n) is 19.1. The van der Waals surface area contributed by atoms with Gasteiger partial charge in [0.05, 0.1) is 28.6 Å². The molecule has 1 radical (unpaired) electrons. The van der Waals surface area contributed by atoms with E-state index in [0.717, 1.165) is 50.1 Å². The van der Waals surface area contributed by atoms with E-state index in [1.54, 1.807) is 12.1 Å². The van der Waals surface area contributed by atoms with Gasteiger partial charge in [0.15, 0.2) is 0 Å². The van der Waals surface area contributed by atoms with E-state index in [1.165, 1.54) is 41.2 Å². The molecule has 53 heavy (non-hydrogen) atoms. The number of rotatable bonds is 5. The van der Waals surface area contributed by atoms with Gasteiger partial charge in [-0.25, -0.2) is 0 Å². The maximum absolute atomic E-state index is 12.7. The number of pyridine rings is 2. The summed E-state index contributed by atoms with van der Waals surface area (Å²) < 4.78 is 43.1. The molecule has 4 aromatic carbocycles. The summed E-state index contributed by atoms with van der Waals surface area (Å²) in [6.07, 6.45) is 3.22. The normalized spacial score (nSPS) is 12.8. The first-order chi connectivity index (χ1) is 26.1. The zero-order chi connectivity index (χ0) is 39.2. The predicted octanol–water partition coefficient (Wildman–Crippen LogP) is 12.3. The third kappa shape index (κ3) is 7.46. The van der Waals surface area contributed by atoms with Crippen LogP contribution in [-0.2, 0) is 25.5 Å². The molecule has 0 saturated heterocycles. The molecule has 8 aromatic rings. The van der Waals surface area contributed by atoms with Crippen LogP contribution < -0.4 is 0 Å². The number of aromatic nitrogens is 4. The molecule has 0 spiro atoms. The van der Waals surface area contributed by atoms with Crippen LogP contribution >= 0.6 is 0 Å². The second-order valence-corrected chi connectivity index (χ2v) is 14.7. The molecule has 271 valence electrons. The Morgan fingerprint density at radius 3 is 2.23 bits per heavy atom. The average Bonchev–Trinajstić information content (AvgIpc) is 3.73. The van der Waals surface area contributed by atoms with Crippen LogP contribution in [0.3, 0.4) is 0 Å². The number of benzene rings is 4. The molecule has 4 aromatic heterocycles. The molecule has 0 aliphatic carbocycles. The van der Waals surface area contributed by atoms with Crippen molar-refractivity contribution in [1.82, 2.24) is 19.5 Å². The molecule has 5 nitrogen and oxygen atoms in total. The Kier molecular flexibility index (Phi) is 9.69. The number of aryl methyl sites for hydroxylation is 1. The average molecular weight is 882 g/mol. The van der Waals surface area contributed by atoms with E-state index in [2.05, 4.69) is 113 Å². The molecule has 0 amide bonds. The van der Waals surface area contributed by atoms with E-state index in [0.29, 0.717) is 23.1 Å². The monoisotopic (exact) mass is 882 g/mol. The zero-order valence-corrected chi connectivity index (χ0v) is 33.3. The van der Waals surface area contributed by atoms with Crippen molar-refractivity contribution in [3.63, 3.8) is 0 Å². The third-order valence-electron chi connectivity index (χ3n) is 9.25. The van der Waals surface area contributed by atoms with Crippen LogP contribution in [0.1, 0.15) is 86.8 Å². The van der Waals surface area contributed by atoms with Gasteiger partial charge < -0.3 is 14.0 Å². The molecule has 7 heteroatoms. The summed E-state index contributed by atoms with van der Waals surface area (Å²) in [5.41, 5.74) is 10.6. The molecule has 4 heterocycles. The molecule has 0 bridgehead atoms. The minimum absolute atomic E-state index is 0. The molecule has 8 rings (SSSR count). The van der Waals surface area contributed by atoms with Gasteiger partial charge in [-0.05, 0) is 53.2 Å². The fourth-order valence-electron chi connectivity index (χ4n) is 6.53. The number of nitrogens with zero attached hydrogens (tertiary/aromatic N) is 4. The van der Waals surface area contributed by atoms with E-state index < -0.39 is 6.85 Å². The summed E-state index contributed by atoms with van der Waals surface area (Å²) in [6, 6.07) is 34.5. The van der Waals surface area contributed by atoms with Gasteiger partial charge >= 0.3 is 0 Å². The fourth-order valence-corrected chi connectivity index (χ4v) is 6.53. The van der Waals surface area contributed by atoms with Crippen molar-refractivity contribution >= 4 is 33.0 Å². The van der Waals surface area contributed by atoms with Crippen LogP contribution in [0, 0.1) is 24.8 Å². The van der Waals surface area contributed by atoms with Crippen molar-refractivity contribution in [3.05, 3.63) is 144 Å². The Morgan fingerprint density at radius 2 is 1.58 bits per heavy atom. The van der Waals surface area contributed by atoms with Crippen LogP contribution in [0.2, 0.25) is 0 Å². The Labute approximate surface area is 328 Å². The first kappa shape index (κ1) is 33.8. The van der Waals surface area contributed by atoms with Crippen molar-refractivity contribution in [1.29, 1.82) is 0 Å². The number of halogens is 1. The van der Waals surface area contributed by atoms with Crippen molar-refractivity contribution in [2.24, 2.45) is 0 Å². The molecule has 0 unspecified atom stereocenters. The Morgan fingerprint density at radius 1 is 0.830 bits per heavy atom. The van der Waals surface area contributed by atoms with Crippen molar-refractivity contribution in [2.75, 3.05) is 0 Å². The van der Waals surface area contributed by atoms with Crippen molar-refractivity contribution < 1.29 is 33.0 Å². The van der Waals surface area contributed by atoms with Crippen LogP contribution in [0.5, 0.6) is 0 Å². The van der Waals surface area contributed by atoms with Gasteiger partial charge in [-0.3, -0.25) is 14.4 Å². The maximum Gasteiger partial charge on any atom is 0.120 e. The number of para-hydroxylation sites is 2. The van der Waals surface area contributed by atoms with Crippen LogP contribution in [0.4, 0.5) is 4.39 Å². The third-order valence-corrected chi connectivity index (χ3v) is 9.25. The molecule has 0 fully saturated rings. The van der Waals surface area contributed by atoms with Gasteiger partial charge in [0.1, 0.15) is 5.58 Å². The number of hydrogen-bond donors (Lipinski definition) is 0. The van der Waals surface area contributed by atoms with E-state index in [9.17, 15) is 4.39 Å². The smallest absolute Gasteiger partial charge is 0.120 e. The molecular weight excluding hydrogens is 836 g/mol. The van der Waals surface area contributed by atoms with Gasteiger partial charge in [-0.2, -0.15) is 0 Å². The SMILES string of the molecule is CC(C)c1cccc(C(C)C)c1-n1c(-c2[c-]ccc3c2oc2ccccc23)nc2cnc(C(C)(C)C)cc21.[2H]C([2H])([2H])c1ccc(-c2[c-]cc(F)cc2)nc1.[Ir]. The summed E-state index contributed by atoms with van der Waals surface area (Å²) in [5, 5.41) is 2.17. The minimum atomic E-state index is -2.15.